The van der Waals surface area contributed by atoms with Crippen LogP contribution in [0.25, 0.3) is 10.9 Å². The molecule has 0 bridgehead atoms. The van der Waals surface area contributed by atoms with Crippen molar-refractivity contribution >= 4 is 53.4 Å². The highest BCUT2D eigenvalue weighted by atomic mass is 35.5. The van der Waals surface area contributed by atoms with Crippen LogP contribution >= 0.6 is 36.6 Å². The van der Waals surface area contributed by atoms with Crippen LogP contribution in [-0.4, -0.2) is 58.6 Å². The number of nitrogens with zero attached hydrogens (tertiary/aromatic N) is 2. The molecule has 202 valence electrons. The molecule has 1 fully saturated rings. The monoisotopic (exact) mass is 570 g/mol. The third kappa shape index (κ3) is 8.19. The van der Waals surface area contributed by atoms with Crippen molar-refractivity contribution < 1.29 is 24.1 Å². The number of benzene rings is 2. The third-order valence-electron chi connectivity index (χ3n) is 6.78. The summed E-state index contributed by atoms with van der Waals surface area (Å²) in [5.41, 5.74) is 1.57. The van der Waals surface area contributed by atoms with Gasteiger partial charge in [0.2, 0.25) is 0 Å². The molecule has 37 heavy (non-hydrogen) atoms. The number of halogens is 3. The van der Waals surface area contributed by atoms with Crippen LogP contribution in [0.5, 0.6) is 5.75 Å². The largest absolute Gasteiger partial charge is 0.497 e. The van der Waals surface area contributed by atoms with Gasteiger partial charge in [-0.25, -0.2) is 4.39 Å². The van der Waals surface area contributed by atoms with E-state index in [1.165, 1.54) is 12.1 Å². The summed E-state index contributed by atoms with van der Waals surface area (Å²) < 4.78 is 18.7. The van der Waals surface area contributed by atoms with E-state index in [-0.39, 0.29) is 36.5 Å². The number of rotatable bonds is 10. The fourth-order valence-corrected chi connectivity index (χ4v) is 5.79. The highest BCUT2D eigenvalue weighted by Crippen LogP contribution is 2.34. The molecule has 0 saturated carbocycles. The maximum Gasteiger partial charge on any atom is 0.308 e. The number of carboxylic acids is 1. The normalized spacial score (nSPS) is 18.5. The summed E-state index contributed by atoms with van der Waals surface area (Å²) in [7, 11) is 1.60. The summed E-state index contributed by atoms with van der Waals surface area (Å²) in [6.45, 7) is 2.07. The Balaban J connectivity index is 0.00000241. The first-order valence-corrected chi connectivity index (χ1v) is 12.9. The Labute approximate surface area is 233 Å². The Hall–Kier alpha value is -2.10. The molecule has 1 aliphatic rings. The number of fused-ring (bicyclic) bond motifs is 1. The maximum absolute atomic E-state index is 13.4. The molecular weight excluding hydrogens is 538 g/mol. The number of pyridine rings is 1. The van der Waals surface area contributed by atoms with Crippen LogP contribution in [0, 0.1) is 17.7 Å². The van der Waals surface area contributed by atoms with Crippen LogP contribution in [0.1, 0.15) is 30.9 Å². The van der Waals surface area contributed by atoms with Gasteiger partial charge in [0.1, 0.15) is 11.6 Å². The highest BCUT2D eigenvalue weighted by Gasteiger charge is 2.34. The van der Waals surface area contributed by atoms with Crippen LogP contribution in [-0.2, 0) is 4.79 Å². The second-order valence-corrected chi connectivity index (χ2v) is 10.1. The second kappa shape index (κ2) is 14.7. The molecule has 3 aromatic rings. The molecule has 2 heterocycles. The molecule has 2 aromatic carbocycles. The molecule has 6 nitrogen and oxygen atoms in total. The van der Waals surface area contributed by atoms with Crippen molar-refractivity contribution in [2.75, 3.05) is 32.5 Å². The number of aliphatic hydroxyl groups excluding tert-OH is 1. The van der Waals surface area contributed by atoms with Gasteiger partial charge in [0.25, 0.3) is 0 Å². The van der Waals surface area contributed by atoms with Gasteiger partial charge in [0.15, 0.2) is 0 Å². The quantitative estimate of drug-likeness (QED) is 0.295. The summed E-state index contributed by atoms with van der Waals surface area (Å²) in [6.07, 6.45) is 2.88. The zero-order chi connectivity index (χ0) is 24.8. The Kier molecular flexibility index (Phi) is 12.4. The summed E-state index contributed by atoms with van der Waals surface area (Å²) in [4.78, 5) is 19.5. The summed E-state index contributed by atoms with van der Waals surface area (Å²) in [6, 6.07) is 13.9. The molecular formula is C27H33Cl2FN2O4S. The van der Waals surface area contributed by atoms with Gasteiger partial charge < -0.3 is 19.8 Å². The number of likely N-dealkylation sites (tertiary alicyclic amines) is 1. The molecule has 0 radical (unpaired) electrons. The van der Waals surface area contributed by atoms with Gasteiger partial charge in [-0.1, -0.05) is 6.07 Å². The minimum Gasteiger partial charge on any atom is -0.497 e. The van der Waals surface area contributed by atoms with Crippen molar-refractivity contribution in [1.29, 1.82) is 0 Å². The lowest BCUT2D eigenvalue weighted by atomic mass is 9.81. The Bertz CT molecular complexity index is 1170. The standard InChI is InChI=1S/C27H31FN2O4S.2ClH/c1-34-20-6-7-25-23(16-20)22(9-11-29-25)26(31)8-5-18-10-12-30(17-24(18)27(32)33)13-14-35-21-4-2-3-19(28)15-21;;/h2-4,6-7,9,11,15-16,18,24,26,31H,5,8,10,12-14,17H2,1H3,(H,32,33);2*1H/t18-,24+,26+;;/m1../s1. The van der Waals surface area contributed by atoms with E-state index < -0.39 is 18.0 Å². The van der Waals surface area contributed by atoms with Crippen molar-refractivity contribution in [2.24, 2.45) is 11.8 Å². The molecule has 2 N–H and O–H groups in total. The zero-order valence-electron chi connectivity index (χ0n) is 20.6. The fraction of sp³-hybridized carbons (Fsp3) is 0.407. The lowest BCUT2D eigenvalue weighted by molar-refractivity contribution is -0.146. The number of aliphatic carboxylic acids is 1. The minimum absolute atomic E-state index is 0. The SMILES string of the molecule is COc1ccc2nccc([C@@H](O)CC[C@@H]3CCN(CCSc4cccc(F)c4)C[C@@H]3C(=O)O)c2c1.Cl.Cl. The number of hydrogen-bond donors (Lipinski definition) is 2. The van der Waals surface area contributed by atoms with Crippen LogP contribution < -0.4 is 4.74 Å². The maximum atomic E-state index is 13.4. The Morgan fingerprint density at radius 3 is 2.78 bits per heavy atom. The first kappa shape index (κ1) is 31.1. The predicted molar refractivity (Wildman–Crippen MR) is 150 cm³/mol. The van der Waals surface area contributed by atoms with Crippen LogP contribution in [0.15, 0.2) is 59.6 Å². The van der Waals surface area contributed by atoms with Gasteiger partial charge in [0, 0.05) is 35.3 Å². The topological polar surface area (TPSA) is 82.9 Å². The van der Waals surface area contributed by atoms with Crippen molar-refractivity contribution in [3.8, 4) is 5.75 Å². The molecule has 1 aliphatic heterocycles. The fourth-order valence-electron chi connectivity index (χ4n) is 4.84. The van der Waals surface area contributed by atoms with Gasteiger partial charge in [-0.3, -0.25) is 9.78 Å². The number of piperidine rings is 1. The van der Waals surface area contributed by atoms with Gasteiger partial charge in [-0.05, 0) is 79.8 Å². The molecule has 4 rings (SSSR count). The molecule has 0 spiro atoms. The van der Waals surface area contributed by atoms with Gasteiger partial charge >= 0.3 is 5.97 Å². The third-order valence-corrected chi connectivity index (χ3v) is 7.76. The van der Waals surface area contributed by atoms with E-state index in [1.54, 1.807) is 31.1 Å². The number of hydrogen-bond acceptors (Lipinski definition) is 6. The van der Waals surface area contributed by atoms with E-state index in [2.05, 4.69) is 9.88 Å². The molecule has 3 atom stereocenters. The highest BCUT2D eigenvalue weighted by molar-refractivity contribution is 7.99. The number of thioether (sulfide) groups is 1. The van der Waals surface area contributed by atoms with E-state index >= 15 is 0 Å². The van der Waals surface area contributed by atoms with Crippen LogP contribution in [0.2, 0.25) is 0 Å². The summed E-state index contributed by atoms with van der Waals surface area (Å²) >= 11 is 1.58. The smallest absolute Gasteiger partial charge is 0.308 e. The predicted octanol–water partition coefficient (Wildman–Crippen LogP) is 5.85. The van der Waals surface area contributed by atoms with Crippen molar-refractivity contribution in [3.05, 3.63) is 66.1 Å². The number of aliphatic hydroxyl groups is 1. The molecule has 10 heteroatoms. The number of carboxylic acid groups (broad SMARTS) is 1. The van der Waals surface area contributed by atoms with Gasteiger partial charge in [0.05, 0.1) is 24.6 Å². The second-order valence-electron chi connectivity index (χ2n) is 8.98. The molecule has 1 saturated heterocycles. The van der Waals surface area contributed by atoms with Crippen LogP contribution in [0.3, 0.4) is 0 Å². The average Bonchev–Trinajstić information content (AvgIpc) is 2.87. The Morgan fingerprint density at radius 2 is 2.05 bits per heavy atom. The number of ether oxygens (including phenoxy) is 1. The molecule has 0 amide bonds. The molecule has 0 aliphatic carbocycles. The van der Waals surface area contributed by atoms with E-state index in [0.29, 0.717) is 25.1 Å². The first-order chi connectivity index (χ1) is 16.9. The number of carbonyl (C=O) groups is 1. The van der Waals surface area contributed by atoms with Gasteiger partial charge in [-0.15, -0.1) is 36.6 Å². The number of methoxy groups -OCH3 is 1. The van der Waals surface area contributed by atoms with E-state index in [9.17, 15) is 19.4 Å². The van der Waals surface area contributed by atoms with Crippen molar-refractivity contribution in [1.82, 2.24) is 9.88 Å². The molecule has 0 unspecified atom stereocenters. The Morgan fingerprint density at radius 1 is 1.24 bits per heavy atom. The van der Waals surface area contributed by atoms with Crippen molar-refractivity contribution in [2.45, 2.75) is 30.3 Å². The first-order valence-electron chi connectivity index (χ1n) is 11.9. The lowest BCUT2D eigenvalue weighted by Gasteiger charge is -2.37. The molecule has 1 aromatic heterocycles. The van der Waals surface area contributed by atoms with E-state index in [0.717, 1.165) is 46.6 Å². The van der Waals surface area contributed by atoms with Gasteiger partial charge in [-0.2, -0.15) is 0 Å². The summed E-state index contributed by atoms with van der Waals surface area (Å²) in [5.74, 6) is -0.0133. The lowest BCUT2D eigenvalue weighted by Crippen LogP contribution is -2.44. The van der Waals surface area contributed by atoms with E-state index in [4.69, 9.17) is 4.74 Å². The van der Waals surface area contributed by atoms with Crippen molar-refractivity contribution in [3.63, 3.8) is 0 Å². The summed E-state index contributed by atoms with van der Waals surface area (Å²) in [5, 5.41) is 21.7. The average molecular weight is 572 g/mol. The number of aromatic nitrogens is 1. The van der Waals surface area contributed by atoms with E-state index in [1.807, 2.05) is 30.3 Å². The zero-order valence-corrected chi connectivity index (χ0v) is 23.0. The van der Waals surface area contributed by atoms with Crippen LogP contribution in [0.4, 0.5) is 4.39 Å². The minimum atomic E-state index is -0.786.